The average Bonchev–Trinajstić information content (AvgIpc) is 1.97. The number of amides is 1. The second kappa shape index (κ2) is 5.38. The SMILES string of the molecule is CC(C)(C)CC(=O)NCCS(=O)(=O)C(C)(C)C. The van der Waals surface area contributed by atoms with Crippen molar-refractivity contribution in [2.24, 2.45) is 5.41 Å². The van der Waals surface area contributed by atoms with Crippen LogP contribution in [0.3, 0.4) is 0 Å². The van der Waals surface area contributed by atoms with Gasteiger partial charge in [0.1, 0.15) is 0 Å². The molecule has 0 aliphatic rings. The minimum atomic E-state index is -3.15. The van der Waals surface area contributed by atoms with E-state index in [4.69, 9.17) is 0 Å². The number of rotatable bonds is 4. The summed E-state index contributed by atoms with van der Waals surface area (Å²) in [6.45, 7) is 11.1. The first-order valence-electron chi connectivity index (χ1n) is 5.84. The molecule has 0 saturated carbocycles. The summed E-state index contributed by atoms with van der Waals surface area (Å²) in [6.07, 6.45) is 0.405. The Morgan fingerprint density at radius 1 is 1.06 bits per heavy atom. The molecule has 0 atom stereocenters. The van der Waals surface area contributed by atoms with Gasteiger partial charge in [0.05, 0.1) is 10.5 Å². The highest BCUT2D eigenvalue weighted by atomic mass is 32.2. The van der Waals surface area contributed by atoms with Crippen LogP contribution in [0.2, 0.25) is 0 Å². The van der Waals surface area contributed by atoms with Crippen LogP contribution < -0.4 is 5.32 Å². The van der Waals surface area contributed by atoms with Gasteiger partial charge < -0.3 is 5.32 Å². The van der Waals surface area contributed by atoms with Crippen LogP contribution in [0, 0.1) is 5.41 Å². The third kappa shape index (κ3) is 6.66. The summed E-state index contributed by atoms with van der Waals surface area (Å²) in [5.74, 6) is -0.103. The van der Waals surface area contributed by atoms with Gasteiger partial charge in [-0.15, -0.1) is 0 Å². The number of carbonyl (C=O) groups is 1. The highest BCUT2D eigenvalue weighted by Gasteiger charge is 2.28. The maximum Gasteiger partial charge on any atom is 0.220 e. The van der Waals surface area contributed by atoms with E-state index in [-0.39, 0.29) is 23.6 Å². The number of hydrogen-bond acceptors (Lipinski definition) is 3. The van der Waals surface area contributed by atoms with Gasteiger partial charge in [-0.25, -0.2) is 8.42 Å². The standard InChI is InChI=1S/C12H25NO3S/c1-11(2,3)9-10(14)13-7-8-17(15,16)12(4,5)6/h7-9H2,1-6H3,(H,13,14). The zero-order valence-electron chi connectivity index (χ0n) is 11.8. The predicted octanol–water partition coefficient (Wildman–Crippen LogP) is 1.75. The van der Waals surface area contributed by atoms with Gasteiger partial charge in [0.2, 0.25) is 5.91 Å². The second-order valence-corrected chi connectivity index (χ2v) is 9.38. The molecule has 1 amide bonds. The van der Waals surface area contributed by atoms with E-state index in [0.29, 0.717) is 6.42 Å². The van der Waals surface area contributed by atoms with Gasteiger partial charge in [-0.1, -0.05) is 20.8 Å². The zero-order valence-corrected chi connectivity index (χ0v) is 12.6. The fourth-order valence-electron chi connectivity index (χ4n) is 1.18. The van der Waals surface area contributed by atoms with E-state index in [1.807, 2.05) is 20.8 Å². The molecule has 4 nitrogen and oxygen atoms in total. The van der Waals surface area contributed by atoms with Crippen LogP contribution >= 0.6 is 0 Å². The molecule has 1 N–H and O–H groups in total. The van der Waals surface area contributed by atoms with Crippen molar-refractivity contribution in [1.29, 1.82) is 0 Å². The zero-order chi connectivity index (χ0) is 13.9. The van der Waals surface area contributed by atoms with E-state index in [0.717, 1.165) is 0 Å². The van der Waals surface area contributed by atoms with Crippen LogP contribution in [0.1, 0.15) is 48.0 Å². The Labute approximate surface area is 105 Å². The summed E-state index contributed by atoms with van der Waals surface area (Å²) in [4.78, 5) is 11.5. The Balaban J connectivity index is 4.15. The molecule has 0 radical (unpaired) electrons. The minimum Gasteiger partial charge on any atom is -0.355 e. The third-order valence-corrected chi connectivity index (χ3v) is 4.92. The highest BCUT2D eigenvalue weighted by molar-refractivity contribution is 7.92. The summed E-state index contributed by atoms with van der Waals surface area (Å²) in [7, 11) is -3.15. The van der Waals surface area contributed by atoms with Crippen molar-refractivity contribution in [3.05, 3.63) is 0 Å². The smallest absolute Gasteiger partial charge is 0.220 e. The van der Waals surface area contributed by atoms with E-state index in [9.17, 15) is 13.2 Å². The summed E-state index contributed by atoms with van der Waals surface area (Å²) >= 11 is 0. The van der Waals surface area contributed by atoms with Crippen LogP contribution in [-0.2, 0) is 14.6 Å². The molecule has 0 aromatic carbocycles. The quantitative estimate of drug-likeness (QED) is 0.840. The maximum atomic E-state index is 11.8. The van der Waals surface area contributed by atoms with Crippen LogP contribution in [0.25, 0.3) is 0 Å². The molecule has 0 rings (SSSR count). The highest BCUT2D eigenvalue weighted by Crippen LogP contribution is 2.18. The number of hydrogen-bond donors (Lipinski definition) is 1. The first kappa shape index (κ1) is 16.4. The normalized spacial score (nSPS) is 13.5. The van der Waals surface area contributed by atoms with Crippen LogP contribution in [0.5, 0.6) is 0 Å². The first-order chi connectivity index (χ1) is 7.35. The van der Waals surface area contributed by atoms with Crippen molar-refractivity contribution >= 4 is 15.7 Å². The van der Waals surface area contributed by atoms with Crippen LogP contribution in [0.15, 0.2) is 0 Å². The molecule has 17 heavy (non-hydrogen) atoms. The largest absolute Gasteiger partial charge is 0.355 e. The monoisotopic (exact) mass is 263 g/mol. The molecule has 0 heterocycles. The minimum absolute atomic E-state index is 0.00756. The Hall–Kier alpha value is -0.580. The third-order valence-electron chi connectivity index (χ3n) is 2.32. The molecule has 0 aromatic rings. The molecule has 0 aromatic heterocycles. The van der Waals surface area contributed by atoms with E-state index < -0.39 is 14.6 Å². The molecule has 0 bridgehead atoms. The molecule has 5 heteroatoms. The topological polar surface area (TPSA) is 63.2 Å². The van der Waals surface area contributed by atoms with Crippen molar-refractivity contribution in [3.63, 3.8) is 0 Å². The molecule has 0 aliphatic heterocycles. The molecule has 0 saturated heterocycles. The van der Waals surface area contributed by atoms with Crippen molar-refractivity contribution in [2.45, 2.75) is 52.7 Å². The van der Waals surface area contributed by atoms with Gasteiger partial charge in [-0.3, -0.25) is 4.79 Å². The lowest BCUT2D eigenvalue weighted by Gasteiger charge is -2.20. The summed E-state index contributed by atoms with van der Waals surface area (Å²) in [5.41, 5.74) is -0.0764. The molecule has 0 spiro atoms. The van der Waals surface area contributed by atoms with Crippen molar-refractivity contribution in [3.8, 4) is 0 Å². The lowest BCUT2D eigenvalue weighted by Crippen LogP contribution is -2.37. The van der Waals surface area contributed by atoms with Gasteiger partial charge in [-0.05, 0) is 26.2 Å². The lowest BCUT2D eigenvalue weighted by molar-refractivity contribution is -0.122. The summed E-state index contributed by atoms with van der Waals surface area (Å²) in [6, 6.07) is 0. The van der Waals surface area contributed by atoms with Gasteiger partial charge >= 0.3 is 0 Å². The molecule has 0 unspecified atom stereocenters. The van der Waals surface area contributed by atoms with Gasteiger partial charge in [0.15, 0.2) is 9.84 Å². The van der Waals surface area contributed by atoms with Gasteiger partial charge in [0.25, 0.3) is 0 Å². The fourth-order valence-corrected chi connectivity index (χ4v) is 2.16. The Morgan fingerprint density at radius 2 is 1.53 bits per heavy atom. The summed E-state index contributed by atoms with van der Waals surface area (Å²) < 4.78 is 22.8. The molecule has 102 valence electrons. The number of nitrogens with one attached hydrogen (secondary N) is 1. The Bertz CT molecular complexity index is 358. The Kier molecular flexibility index (Phi) is 5.19. The van der Waals surface area contributed by atoms with Crippen molar-refractivity contribution in [1.82, 2.24) is 5.32 Å². The molecular weight excluding hydrogens is 238 g/mol. The summed E-state index contributed by atoms with van der Waals surface area (Å²) in [5, 5.41) is 2.65. The molecule has 0 aliphatic carbocycles. The van der Waals surface area contributed by atoms with Crippen LogP contribution in [-0.4, -0.2) is 31.4 Å². The van der Waals surface area contributed by atoms with Gasteiger partial charge in [0, 0.05) is 13.0 Å². The van der Waals surface area contributed by atoms with Crippen LogP contribution in [0.4, 0.5) is 0 Å². The second-order valence-electron chi connectivity index (χ2n) is 6.52. The Morgan fingerprint density at radius 3 is 1.88 bits per heavy atom. The molecule has 0 fully saturated rings. The first-order valence-corrected chi connectivity index (χ1v) is 7.49. The van der Waals surface area contributed by atoms with E-state index >= 15 is 0 Å². The van der Waals surface area contributed by atoms with Gasteiger partial charge in [-0.2, -0.15) is 0 Å². The lowest BCUT2D eigenvalue weighted by atomic mass is 9.92. The van der Waals surface area contributed by atoms with Crippen molar-refractivity contribution < 1.29 is 13.2 Å². The average molecular weight is 263 g/mol. The van der Waals surface area contributed by atoms with E-state index in [2.05, 4.69) is 5.32 Å². The molecular formula is C12H25NO3S. The van der Waals surface area contributed by atoms with E-state index in [1.54, 1.807) is 20.8 Å². The fraction of sp³-hybridized carbons (Fsp3) is 0.917. The van der Waals surface area contributed by atoms with Crippen molar-refractivity contribution in [2.75, 3.05) is 12.3 Å². The number of sulfone groups is 1. The van der Waals surface area contributed by atoms with E-state index in [1.165, 1.54) is 0 Å². The number of carbonyl (C=O) groups excluding carboxylic acids is 1. The maximum absolute atomic E-state index is 11.8. The predicted molar refractivity (Wildman–Crippen MR) is 70.6 cm³/mol.